The van der Waals surface area contributed by atoms with Gasteiger partial charge in [0, 0.05) is 24.4 Å². The largest absolute Gasteiger partial charge is 0.385 e. The molecule has 110 valence electrons. The van der Waals surface area contributed by atoms with E-state index in [1.807, 2.05) is 27.7 Å². The maximum Gasteiger partial charge on any atom is 0.0939 e. The van der Waals surface area contributed by atoms with E-state index in [1.54, 1.807) is 0 Å². The molecular formula is C17H31NO. The van der Waals surface area contributed by atoms with Crippen molar-refractivity contribution in [3.63, 3.8) is 0 Å². The minimum Gasteiger partial charge on any atom is -0.385 e. The van der Waals surface area contributed by atoms with E-state index in [-0.39, 0.29) is 5.60 Å². The molecule has 0 saturated carbocycles. The lowest BCUT2D eigenvalue weighted by Crippen LogP contribution is -2.34. The van der Waals surface area contributed by atoms with Gasteiger partial charge in [0.2, 0.25) is 0 Å². The summed E-state index contributed by atoms with van der Waals surface area (Å²) in [6.07, 6.45) is 2.12. The molecule has 0 radical (unpaired) electrons. The molecule has 1 heterocycles. The Morgan fingerprint density at radius 1 is 1.16 bits per heavy atom. The Balaban J connectivity index is 0.000000741. The fraction of sp³-hybridized carbons (Fsp3) is 0.647. The molecule has 0 spiro atoms. The summed E-state index contributed by atoms with van der Waals surface area (Å²) in [5.41, 5.74) is 2.42. The SMILES string of the molecule is CC.CC.CCCOC1(C)CCNc2ccccc21. The van der Waals surface area contributed by atoms with Crippen molar-refractivity contribution in [2.24, 2.45) is 0 Å². The van der Waals surface area contributed by atoms with E-state index in [1.165, 1.54) is 11.3 Å². The first-order chi connectivity index (χ1) is 9.26. The third kappa shape index (κ3) is 4.87. The van der Waals surface area contributed by atoms with Crippen LogP contribution in [0.15, 0.2) is 24.3 Å². The highest BCUT2D eigenvalue weighted by atomic mass is 16.5. The molecule has 1 unspecified atom stereocenters. The fourth-order valence-electron chi connectivity index (χ4n) is 2.15. The van der Waals surface area contributed by atoms with Crippen LogP contribution >= 0.6 is 0 Å². The zero-order valence-corrected chi connectivity index (χ0v) is 13.5. The summed E-state index contributed by atoms with van der Waals surface area (Å²) in [5, 5.41) is 3.41. The second kappa shape index (κ2) is 9.85. The predicted octanol–water partition coefficient (Wildman–Crippen LogP) is 5.20. The average molecular weight is 265 g/mol. The Labute approximate surface area is 119 Å². The van der Waals surface area contributed by atoms with Crippen LogP contribution in [0, 0.1) is 0 Å². The number of ether oxygens (including phenoxy) is 1. The number of rotatable bonds is 3. The van der Waals surface area contributed by atoms with Crippen LogP contribution in [-0.4, -0.2) is 13.2 Å². The van der Waals surface area contributed by atoms with E-state index < -0.39 is 0 Å². The Morgan fingerprint density at radius 2 is 1.79 bits per heavy atom. The Morgan fingerprint density at radius 3 is 2.42 bits per heavy atom. The molecule has 0 bridgehead atoms. The first-order valence-corrected chi connectivity index (χ1v) is 7.73. The molecule has 1 N–H and O–H groups in total. The van der Waals surface area contributed by atoms with Crippen LogP contribution in [0.25, 0.3) is 0 Å². The number of fused-ring (bicyclic) bond motifs is 1. The van der Waals surface area contributed by atoms with Crippen LogP contribution in [0.5, 0.6) is 0 Å². The molecule has 1 aliphatic heterocycles. The van der Waals surface area contributed by atoms with Gasteiger partial charge in [-0.1, -0.05) is 52.8 Å². The van der Waals surface area contributed by atoms with E-state index in [4.69, 9.17) is 4.74 Å². The summed E-state index contributed by atoms with van der Waals surface area (Å²) in [7, 11) is 0. The van der Waals surface area contributed by atoms with Crippen LogP contribution in [0.2, 0.25) is 0 Å². The van der Waals surface area contributed by atoms with Crippen LogP contribution in [0.4, 0.5) is 5.69 Å². The molecule has 2 nitrogen and oxygen atoms in total. The van der Waals surface area contributed by atoms with Gasteiger partial charge in [0.1, 0.15) is 0 Å². The lowest BCUT2D eigenvalue weighted by molar-refractivity contribution is -0.0416. The molecule has 0 fully saturated rings. The van der Waals surface area contributed by atoms with Crippen molar-refractivity contribution in [1.29, 1.82) is 0 Å². The number of para-hydroxylation sites is 1. The van der Waals surface area contributed by atoms with Gasteiger partial charge in [0.05, 0.1) is 5.60 Å². The standard InChI is InChI=1S/C13H19NO.2C2H6/c1-3-10-15-13(2)8-9-14-12-7-5-4-6-11(12)13;2*1-2/h4-7,14H,3,8-10H2,1-2H3;2*1-2H3. The summed E-state index contributed by atoms with van der Waals surface area (Å²) in [6, 6.07) is 8.44. The zero-order valence-electron chi connectivity index (χ0n) is 13.5. The molecule has 0 amide bonds. The monoisotopic (exact) mass is 265 g/mol. The molecule has 0 saturated heterocycles. The summed E-state index contributed by atoms with van der Waals surface area (Å²) >= 11 is 0. The van der Waals surface area contributed by atoms with Crippen molar-refractivity contribution in [3.8, 4) is 0 Å². The number of hydrogen-bond donors (Lipinski definition) is 1. The smallest absolute Gasteiger partial charge is 0.0939 e. The van der Waals surface area contributed by atoms with Crippen LogP contribution in [0.3, 0.4) is 0 Å². The van der Waals surface area contributed by atoms with Gasteiger partial charge in [0.25, 0.3) is 0 Å². The first-order valence-electron chi connectivity index (χ1n) is 7.73. The molecule has 1 aromatic rings. The molecule has 1 atom stereocenters. The van der Waals surface area contributed by atoms with Gasteiger partial charge in [-0.15, -0.1) is 0 Å². The summed E-state index contributed by atoms with van der Waals surface area (Å²) in [6.45, 7) is 14.2. The Hall–Kier alpha value is -1.02. The van der Waals surface area contributed by atoms with Crippen LogP contribution in [0.1, 0.15) is 59.9 Å². The van der Waals surface area contributed by atoms with Crippen molar-refractivity contribution in [1.82, 2.24) is 0 Å². The molecule has 1 aromatic carbocycles. The van der Waals surface area contributed by atoms with Gasteiger partial charge in [-0.25, -0.2) is 0 Å². The van der Waals surface area contributed by atoms with E-state index >= 15 is 0 Å². The summed E-state index contributed by atoms with van der Waals surface area (Å²) < 4.78 is 6.01. The van der Waals surface area contributed by atoms with Crippen molar-refractivity contribution in [2.75, 3.05) is 18.5 Å². The topological polar surface area (TPSA) is 21.3 Å². The fourth-order valence-corrected chi connectivity index (χ4v) is 2.15. The predicted molar refractivity (Wildman–Crippen MR) is 85.8 cm³/mol. The van der Waals surface area contributed by atoms with E-state index in [0.717, 1.165) is 26.0 Å². The molecule has 1 aliphatic rings. The van der Waals surface area contributed by atoms with Gasteiger partial charge >= 0.3 is 0 Å². The molecule has 2 heteroatoms. The van der Waals surface area contributed by atoms with Gasteiger partial charge in [-0.05, 0) is 25.8 Å². The lowest BCUT2D eigenvalue weighted by atomic mass is 9.88. The molecule has 0 aromatic heterocycles. The molecular weight excluding hydrogens is 234 g/mol. The summed E-state index contributed by atoms with van der Waals surface area (Å²) in [5.74, 6) is 0. The van der Waals surface area contributed by atoms with E-state index in [9.17, 15) is 0 Å². The van der Waals surface area contributed by atoms with Crippen LogP contribution in [-0.2, 0) is 10.3 Å². The minimum absolute atomic E-state index is 0.0994. The van der Waals surface area contributed by atoms with Crippen molar-refractivity contribution < 1.29 is 4.74 Å². The van der Waals surface area contributed by atoms with Crippen LogP contribution < -0.4 is 5.32 Å². The number of benzene rings is 1. The Bertz CT molecular complexity index is 338. The first kappa shape index (κ1) is 18.0. The van der Waals surface area contributed by atoms with Gasteiger partial charge in [0.15, 0.2) is 0 Å². The number of hydrogen-bond acceptors (Lipinski definition) is 2. The average Bonchev–Trinajstić information content (AvgIpc) is 2.50. The van der Waals surface area contributed by atoms with Crippen molar-refractivity contribution >= 4 is 5.69 Å². The summed E-state index contributed by atoms with van der Waals surface area (Å²) in [4.78, 5) is 0. The second-order valence-electron chi connectivity index (χ2n) is 4.30. The second-order valence-corrected chi connectivity index (χ2v) is 4.30. The number of anilines is 1. The van der Waals surface area contributed by atoms with E-state index in [2.05, 4.69) is 43.4 Å². The molecule has 19 heavy (non-hydrogen) atoms. The highest BCUT2D eigenvalue weighted by Crippen LogP contribution is 2.37. The lowest BCUT2D eigenvalue weighted by Gasteiger charge is -2.36. The maximum absolute atomic E-state index is 6.01. The van der Waals surface area contributed by atoms with Crippen molar-refractivity contribution in [2.45, 2.75) is 60.0 Å². The highest BCUT2D eigenvalue weighted by Gasteiger charge is 2.32. The third-order valence-corrected chi connectivity index (χ3v) is 3.04. The van der Waals surface area contributed by atoms with Gasteiger partial charge in [-0.3, -0.25) is 0 Å². The number of nitrogens with one attached hydrogen (secondary N) is 1. The molecule has 0 aliphatic carbocycles. The van der Waals surface area contributed by atoms with Gasteiger partial charge < -0.3 is 10.1 Å². The quantitative estimate of drug-likeness (QED) is 0.811. The van der Waals surface area contributed by atoms with E-state index in [0.29, 0.717) is 0 Å². The normalized spacial score (nSPS) is 19.9. The highest BCUT2D eigenvalue weighted by molar-refractivity contribution is 5.55. The minimum atomic E-state index is -0.0994. The third-order valence-electron chi connectivity index (χ3n) is 3.04. The Kier molecular flexibility index (Phi) is 9.32. The maximum atomic E-state index is 6.01. The van der Waals surface area contributed by atoms with Crippen molar-refractivity contribution in [3.05, 3.63) is 29.8 Å². The zero-order chi connectivity index (χ0) is 14.7. The van der Waals surface area contributed by atoms with Gasteiger partial charge in [-0.2, -0.15) is 0 Å². The molecule has 2 rings (SSSR count).